The minimum Gasteiger partial charge on any atom is -0.368 e. The molecule has 7 heteroatoms. The van der Waals surface area contributed by atoms with E-state index in [4.69, 9.17) is 34.8 Å². The van der Waals surface area contributed by atoms with Gasteiger partial charge >= 0.3 is 0 Å². The molecular weight excluding hydrogens is 331 g/mol. The van der Waals surface area contributed by atoms with Crippen LogP contribution in [0.1, 0.15) is 12.5 Å². The zero-order valence-corrected chi connectivity index (χ0v) is 13.7. The first-order chi connectivity index (χ1) is 10.1. The number of hydrogen-bond acceptors (Lipinski definition) is 4. The lowest BCUT2D eigenvalue weighted by Gasteiger charge is -2.10. The highest BCUT2D eigenvalue weighted by atomic mass is 35.5. The molecule has 0 spiro atoms. The standard InChI is InChI=1S/C14H15Cl3N4/c1-2-18-14-20-8-12(17)13(21-14)19-6-5-9-3-4-10(15)7-11(9)16/h3-4,7-8H,2,5-6H2,1H3,(H2,18,19,20,21). The van der Waals surface area contributed by atoms with E-state index in [2.05, 4.69) is 20.6 Å². The van der Waals surface area contributed by atoms with Crippen molar-refractivity contribution in [1.82, 2.24) is 9.97 Å². The monoisotopic (exact) mass is 344 g/mol. The van der Waals surface area contributed by atoms with E-state index >= 15 is 0 Å². The Hall–Kier alpha value is -1.23. The summed E-state index contributed by atoms with van der Waals surface area (Å²) < 4.78 is 0. The van der Waals surface area contributed by atoms with Gasteiger partial charge in [0.1, 0.15) is 10.8 Å². The maximum absolute atomic E-state index is 6.14. The summed E-state index contributed by atoms with van der Waals surface area (Å²) in [4.78, 5) is 8.40. The van der Waals surface area contributed by atoms with Crippen LogP contribution < -0.4 is 10.6 Å². The number of anilines is 2. The molecule has 2 rings (SSSR count). The van der Waals surface area contributed by atoms with Gasteiger partial charge in [-0.3, -0.25) is 0 Å². The van der Waals surface area contributed by atoms with Gasteiger partial charge < -0.3 is 10.6 Å². The predicted octanol–water partition coefficient (Wildman–Crippen LogP) is 4.52. The quantitative estimate of drug-likeness (QED) is 0.808. The number of benzene rings is 1. The Morgan fingerprint density at radius 1 is 1.10 bits per heavy atom. The third kappa shape index (κ3) is 4.63. The summed E-state index contributed by atoms with van der Waals surface area (Å²) in [5.74, 6) is 1.15. The summed E-state index contributed by atoms with van der Waals surface area (Å²) in [6.07, 6.45) is 2.32. The zero-order valence-electron chi connectivity index (χ0n) is 11.5. The van der Waals surface area contributed by atoms with E-state index in [0.717, 1.165) is 18.5 Å². The Kier molecular flexibility index (Phi) is 5.91. The Labute approximate surface area is 138 Å². The van der Waals surface area contributed by atoms with E-state index in [1.54, 1.807) is 12.3 Å². The molecule has 0 atom stereocenters. The molecule has 1 aromatic heterocycles. The fraction of sp³-hybridized carbons (Fsp3) is 0.286. The van der Waals surface area contributed by atoms with Gasteiger partial charge in [-0.2, -0.15) is 4.98 Å². The number of nitrogens with one attached hydrogen (secondary N) is 2. The Morgan fingerprint density at radius 2 is 1.90 bits per heavy atom. The average Bonchev–Trinajstić information content (AvgIpc) is 2.45. The van der Waals surface area contributed by atoms with Crippen LogP contribution in [0.4, 0.5) is 11.8 Å². The summed E-state index contributed by atoms with van der Waals surface area (Å²) in [7, 11) is 0. The molecule has 0 aliphatic rings. The second-order valence-corrected chi connectivity index (χ2v) is 5.58. The Morgan fingerprint density at radius 3 is 2.62 bits per heavy atom. The van der Waals surface area contributed by atoms with Gasteiger partial charge in [0.25, 0.3) is 0 Å². The van der Waals surface area contributed by atoms with Crippen molar-refractivity contribution < 1.29 is 0 Å². The van der Waals surface area contributed by atoms with Crippen molar-refractivity contribution in [3.8, 4) is 0 Å². The minimum atomic E-state index is 0.485. The molecule has 4 nitrogen and oxygen atoms in total. The first kappa shape index (κ1) is 16.1. The summed E-state index contributed by atoms with van der Waals surface area (Å²) in [6.45, 7) is 3.39. The van der Waals surface area contributed by atoms with Crippen LogP contribution in [0.2, 0.25) is 15.1 Å². The molecule has 0 radical (unpaired) electrons. The van der Waals surface area contributed by atoms with Crippen LogP contribution in [0.5, 0.6) is 0 Å². The van der Waals surface area contributed by atoms with E-state index in [1.165, 1.54) is 0 Å². The summed E-state index contributed by atoms with van der Waals surface area (Å²) >= 11 is 18.1. The predicted molar refractivity (Wildman–Crippen MR) is 89.9 cm³/mol. The lowest BCUT2D eigenvalue weighted by molar-refractivity contribution is 0.995. The number of hydrogen-bond donors (Lipinski definition) is 2. The maximum atomic E-state index is 6.14. The highest BCUT2D eigenvalue weighted by Crippen LogP contribution is 2.22. The molecule has 0 unspecified atom stereocenters. The van der Waals surface area contributed by atoms with Crippen LogP contribution in [0, 0.1) is 0 Å². The molecule has 0 saturated heterocycles. The molecule has 0 aliphatic carbocycles. The molecule has 0 fully saturated rings. The van der Waals surface area contributed by atoms with Crippen molar-refractivity contribution in [2.24, 2.45) is 0 Å². The molecule has 0 amide bonds. The minimum absolute atomic E-state index is 0.485. The van der Waals surface area contributed by atoms with Crippen LogP contribution in [-0.4, -0.2) is 23.1 Å². The molecular formula is C14H15Cl3N4. The number of aromatic nitrogens is 2. The second-order valence-electron chi connectivity index (χ2n) is 4.33. The third-order valence-electron chi connectivity index (χ3n) is 2.78. The van der Waals surface area contributed by atoms with Crippen LogP contribution in [0.15, 0.2) is 24.4 Å². The van der Waals surface area contributed by atoms with Crippen molar-refractivity contribution >= 4 is 46.6 Å². The molecule has 1 heterocycles. The molecule has 0 aliphatic heterocycles. The molecule has 1 aromatic carbocycles. The van der Waals surface area contributed by atoms with Crippen LogP contribution >= 0.6 is 34.8 Å². The number of halogens is 3. The van der Waals surface area contributed by atoms with Gasteiger partial charge in [-0.15, -0.1) is 0 Å². The first-order valence-electron chi connectivity index (χ1n) is 6.54. The van der Waals surface area contributed by atoms with Crippen molar-refractivity contribution in [1.29, 1.82) is 0 Å². The topological polar surface area (TPSA) is 49.8 Å². The van der Waals surface area contributed by atoms with Gasteiger partial charge in [-0.05, 0) is 31.0 Å². The maximum Gasteiger partial charge on any atom is 0.224 e. The fourth-order valence-electron chi connectivity index (χ4n) is 1.77. The first-order valence-corrected chi connectivity index (χ1v) is 7.67. The van der Waals surface area contributed by atoms with E-state index < -0.39 is 0 Å². The molecule has 21 heavy (non-hydrogen) atoms. The highest BCUT2D eigenvalue weighted by Gasteiger charge is 2.06. The SMILES string of the molecule is CCNc1ncc(Cl)c(NCCc2ccc(Cl)cc2Cl)n1. The van der Waals surface area contributed by atoms with Gasteiger partial charge in [0.05, 0.1) is 6.20 Å². The molecule has 2 aromatic rings. The summed E-state index contributed by atoms with van der Waals surface area (Å²) in [5.41, 5.74) is 1.02. The van der Waals surface area contributed by atoms with Gasteiger partial charge in [0.2, 0.25) is 5.95 Å². The van der Waals surface area contributed by atoms with Crippen molar-refractivity contribution in [3.63, 3.8) is 0 Å². The van der Waals surface area contributed by atoms with Crippen molar-refractivity contribution in [2.75, 3.05) is 23.7 Å². The van der Waals surface area contributed by atoms with Gasteiger partial charge in [0.15, 0.2) is 0 Å². The lowest BCUT2D eigenvalue weighted by atomic mass is 10.1. The number of nitrogens with zero attached hydrogens (tertiary/aromatic N) is 2. The largest absolute Gasteiger partial charge is 0.368 e. The van der Waals surface area contributed by atoms with E-state index in [-0.39, 0.29) is 0 Å². The fourth-order valence-corrected chi connectivity index (χ4v) is 2.44. The van der Waals surface area contributed by atoms with Gasteiger partial charge in [-0.1, -0.05) is 40.9 Å². The molecule has 2 N–H and O–H groups in total. The Balaban J connectivity index is 1.98. The third-order valence-corrected chi connectivity index (χ3v) is 3.64. The normalized spacial score (nSPS) is 10.5. The van der Waals surface area contributed by atoms with Gasteiger partial charge in [-0.25, -0.2) is 4.98 Å². The van der Waals surface area contributed by atoms with Crippen molar-refractivity contribution in [3.05, 3.63) is 45.0 Å². The highest BCUT2D eigenvalue weighted by molar-refractivity contribution is 6.35. The van der Waals surface area contributed by atoms with Gasteiger partial charge in [0, 0.05) is 23.1 Å². The van der Waals surface area contributed by atoms with Crippen LogP contribution in [0.3, 0.4) is 0 Å². The summed E-state index contributed by atoms with van der Waals surface area (Å²) in [6, 6.07) is 5.47. The molecule has 0 saturated carbocycles. The average molecular weight is 346 g/mol. The molecule has 0 bridgehead atoms. The zero-order chi connectivity index (χ0) is 15.2. The van der Waals surface area contributed by atoms with Crippen LogP contribution in [-0.2, 0) is 6.42 Å². The van der Waals surface area contributed by atoms with E-state index in [1.807, 2.05) is 19.1 Å². The van der Waals surface area contributed by atoms with Crippen LogP contribution in [0.25, 0.3) is 0 Å². The smallest absolute Gasteiger partial charge is 0.224 e. The van der Waals surface area contributed by atoms with Crippen molar-refractivity contribution in [2.45, 2.75) is 13.3 Å². The second kappa shape index (κ2) is 7.69. The van der Waals surface area contributed by atoms with E-state index in [0.29, 0.717) is 33.4 Å². The molecule has 112 valence electrons. The summed E-state index contributed by atoms with van der Waals surface area (Å²) in [5, 5.41) is 8.00. The lowest BCUT2D eigenvalue weighted by Crippen LogP contribution is -2.09. The van der Waals surface area contributed by atoms with E-state index in [9.17, 15) is 0 Å². The number of rotatable bonds is 6. The Bertz CT molecular complexity index is 619.